The van der Waals surface area contributed by atoms with Crippen LogP contribution in [0.5, 0.6) is 5.75 Å². The summed E-state index contributed by atoms with van der Waals surface area (Å²) >= 11 is 18.8. The van der Waals surface area contributed by atoms with E-state index < -0.39 is 75.4 Å². The molecule has 2 saturated heterocycles. The second kappa shape index (κ2) is 13.3. The summed E-state index contributed by atoms with van der Waals surface area (Å²) < 4.78 is 40.6. The van der Waals surface area contributed by atoms with E-state index >= 15 is 4.79 Å². The van der Waals surface area contributed by atoms with Gasteiger partial charge in [-0.1, -0.05) is 95.0 Å². The molecule has 1 aromatic heterocycles. The van der Waals surface area contributed by atoms with E-state index in [1.165, 1.54) is 0 Å². The van der Waals surface area contributed by atoms with Crippen molar-refractivity contribution in [1.82, 2.24) is 9.99 Å². The van der Waals surface area contributed by atoms with Gasteiger partial charge < -0.3 is 5.11 Å². The summed E-state index contributed by atoms with van der Waals surface area (Å²) in [6.45, 7) is 0. The Labute approximate surface area is 337 Å². The maximum absolute atomic E-state index is 15.5. The normalized spacial score (nSPS) is 25.7. The predicted molar refractivity (Wildman–Crippen MR) is 206 cm³/mol. The van der Waals surface area contributed by atoms with Gasteiger partial charge >= 0.3 is 6.18 Å². The van der Waals surface area contributed by atoms with Crippen molar-refractivity contribution < 1.29 is 37.5 Å². The lowest BCUT2D eigenvalue weighted by Gasteiger charge is -2.50. The average molecular weight is 832 g/mol. The molecule has 6 atom stereocenters. The molecule has 3 heterocycles. The fraction of sp³-hybridized carbons (Fsp3) is 0.214. The number of alkyl halides is 3. The second-order valence-corrected chi connectivity index (χ2v) is 15.9. The molecule has 15 heteroatoms. The number of hydrazine groups is 1. The molecule has 4 aromatic carbocycles. The molecule has 9 nitrogen and oxygen atoms in total. The highest BCUT2D eigenvalue weighted by Gasteiger charge is 2.70. The van der Waals surface area contributed by atoms with Gasteiger partial charge in [0.15, 0.2) is 5.82 Å². The molecule has 0 spiro atoms. The number of phenols is 1. The van der Waals surface area contributed by atoms with Gasteiger partial charge in [-0.25, -0.2) is 4.98 Å². The first-order valence-electron chi connectivity index (χ1n) is 17.9. The highest BCUT2D eigenvalue weighted by atomic mass is 35.5. The Morgan fingerprint density at radius 2 is 1.51 bits per heavy atom. The number of imide groups is 2. The van der Waals surface area contributed by atoms with Crippen LogP contribution in [-0.4, -0.2) is 38.7 Å². The van der Waals surface area contributed by atoms with E-state index in [9.17, 15) is 32.7 Å². The molecule has 2 aliphatic heterocycles. The highest BCUT2D eigenvalue weighted by molar-refractivity contribution is 6.33. The van der Waals surface area contributed by atoms with E-state index in [1.807, 2.05) is 18.2 Å². The van der Waals surface area contributed by atoms with E-state index in [-0.39, 0.29) is 24.4 Å². The number of carbonyl (C=O) groups excluding carboxylic acids is 4. The number of pyridine rings is 1. The van der Waals surface area contributed by atoms with E-state index in [0.717, 1.165) is 4.90 Å². The first kappa shape index (κ1) is 37.2. The van der Waals surface area contributed by atoms with Gasteiger partial charge in [-0.15, -0.1) is 0 Å². The van der Waals surface area contributed by atoms with Gasteiger partial charge in [0, 0.05) is 33.1 Å². The number of halogens is 6. The molecule has 9 rings (SSSR count). The number of aromatic hydroxyl groups is 1. The molecule has 1 saturated carbocycles. The van der Waals surface area contributed by atoms with Crippen LogP contribution in [-0.2, 0) is 30.8 Å². The number of rotatable bonds is 5. The summed E-state index contributed by atoms with van der Waals surface area (Å²) in [6.07, 6.45) is -2.33. The number of carbonyl (C=O) groups is 4. The van der Waals surface area contributed by atoms with Gasteiger partial charge in [-0.2, -0.15) is 18.2 Å². The lowest BCUT2D eigenvalue weighted by molar-refractivity contribution is -0.139. The highest BCUT2D eigenvalue weighted by Crippen LogP contribution is 2.65. The van der Waals surface area contributed by atoms with Crippen LogP contribution in [0.3, 0.4) is 0 Å². The Bertz CT molecular complexity index is 2590. The van der Waals surface area contributed by atoms with Crippen LogP contribution in [0, 0.1) is 23.7 Å². The van der Waals surface area contributed by atoms with Crippen LogP contribution in [0.1, 0.15) is 35.4 Å². The Kier molecular flexibility index (Phi) is 8.69. The number of allylic oxidation sites excluding steroid dienone is 2. The minimum atomic E-state index is -4.76. The van der Waals surface area contributed by atoms with Crippen LogP contribution in [0.25, 0.3) is 10.8 Å². The fourth-order valence-electron chi connectivity index (χ4n) is 9.48. The van der Waals surface area contributed by atoms with Crippen molar-refractivity contribution in [3.8, 4) is 5.75 Å². The molecule has 2 aliphatic carbocycles. The van der Waals surface area contributed by atoms with E-state index in [0.29, 0.717) is 60.5 Å². The van der Waals surface area contributed by atoms with Gasteiger partial charge in [0.25, 0.3) is 11.8 Å². The maximum Gasteiger partial charge on any atom is 0.417 e. The topological polar surface area (TPSA) is 120 Å². The maximum atomic E-state index is 15.5. The van der Waals surface area contributed by atoms with Gasteiger partial charge in [-0.05, 0) is 72.2 Å². The monoisotopic (exact) mass is 830 g/mol. The number of hydrogen-bond acceptors (Lipinski definition) is 7. The molecular weight excluding hydrogens is 804 g/mol. The number of phenolic OH excluding ortho intramolecular Hbond substituents is 1. The lowest BCUT2D eigenvalue weighted by Crippen LogP contribution is -2.53. The van der Waals surface area contributed by atoms with Crippen LogP contribution in [0.2, 0.25) is 15.1 Å². The zero-order chi connectivity index (χ0) is 40.1. The lowest BCUT2D eigenvalue weighted by atomic mass is 9.49. The van der Waals surface area contributed by atoms with Crippen molar-refractivity contribution in [3.63, 3.8) is 0 Å². The summed E-state index contributed by atoms with van der Waals surface area (Å²) in [5.41, 5.74) is 1.25. The van der Waals surface area contributed by atoms with Crippen LogP contribution < -0.4 is 10.3 Å². The molecule has 4 aliphatic rings. The Morgan fingerprint density at radius 1 is 0.825 bits per heavy atom. The standard InChI is InChI=1S/C42H28Cl3F3N4O5/c43-23-8-6-21(7-9-23)41-31(38(55)52(40(41)57)50-36-32(45)17-22(19-49-36)42(46,47)48)18-30-27(34(41)29-14-5-20-3-1-2-4-26(20)35(29)53)15-16-28-33(30)39(56)51(37(28)54)25-12-10-24(44)11-13-25/h1-15,17,19,28,30-31,33-34,53H,16,18H2,(H,49,50)/t28-,30+,31-,33-,34+,41+/m0/s1. The van der Waals surface area contributed by atoms with Crippen molar-refractivity contribution in [1.29, 1.82) is 0 Å². The summed E-state index contributed by atoms with van der Waals surface area (Å²) in [6, 6.07) is 23.9. The van der Waals surface area contributed by atoms with Gasteiger partial charge in [0.1, 0.15) is 5.75 Å². The Balaban J connectivity index is 1.25. The fourth-order valence-corrected chi connectivity index (χ4v) is 9.94. The van der Waals surface area contributed by atoms with Crippen molar-refractivity contribution >= 4 is 80.7 Å². The molecule has 0 radical (unpaired) electrons. The SMILES string of the molecule is O=C1[C@@H]2C[C@@H]3C(=CC[C@@H]4C(=O)N(c5ccc(Cl)cc5)C(=O)[C@@H]43)[C@H](c3ccc4ccccc4c3O)[C@]2(c2ccc(Cl)cc2)C(=O)N1Nc1ncc(C(F)(F)F)cc1Cl. The largest absolute Gasteiger partial charge is 0.507 e. The summed E-state index contributed by atoms with van der Waals surface area (Å²) in [5.74, 6) is -7.81. The predicted octanol–water partition coefficient (Wildman–Crippen LogP) is 9.11. The van der Waals surface area contributed by atoms with Crippen molar-refractivity contribution in [3.05, 3.63) is 141 Å². The Hall–Kier alpha value is -5.43. The zero-order valence-corrected chi connectivity index (χ0v) is 31.6. The van der Waals surface area contributed by atoms with Crippen molar-refractivity contribution in [2.75, 3.05) is 10.3 Å². The van der Waals surface area contributed by atoms with Crippen LogP contribution in [0.4, 0.5) is 24.7 Å². The van der Waals surface area contributed by atoms with Crippen molar-refractivity contribution in [2.45, 2.75) is 30.4 Å². The number of amides is 4. The third-order valence-corrected chi connectivity index (χ3v) is 12.7. The smallest absolute Gasteiger partial charge is 0.417 e. The first-order valence-corrected chi connectivity index (χ1v) is 19.0. The Morgan fingerprint density at radius 3 is 2.19 bits per heavy atom. The molecule has 57 heavy (non-hydrogen) atoms. The van der Waals surface area contributed by atoms with Crippen LogP contribution >= 0.6 is 34.8 Å². The summed E-state index contributed by atoms with van der Waals surface area (Å²) in [4.78, 5) is 64.0. The second-order valence-electron chi connectivity index (χ2n) is 14.6. The molecule has 3 fully saturated rings. The molecule has 0 unspecified atom stereocenters. The number of nitrogens with one attached hydrogen (secondary N) is 1. The average Bonchev–Trinajstić information content (AvgIpc) is 3.57. The number of nitrogens with zero attached hydrogens (tertiary/aromatic N) is 3. The zero-order valence-electron chi connectivity index (χ0n) is 29.3. The summed E-state index contributed by atoms with van der Waals surface area (Å²) in [7, 11) is 0. The molecule has 4 amide bonds. The quantitative estimate of drug-likeness (QED) is 0.134. The number of hydrogen-bond donors (Lipinski definition) is 2. The van der Waals surface area contributed by atoms with Gasteiger partial charge in [0.05, 0.1) is 39.4 Å². The number of benzene rings is 4. The molecule has 0 bridgehead atoms. The first-order chi connectivity index (χ1) is 27.2. The minimum Gasteiger partial charge on any atom is -0.507 e. The van der Waals surface area contributed by atoms with Gasteiger partial charge in [0.2, 0.25) is 11.8 Å². The van der Waals surface area contributed by atoms with E-state index in [2.05, 4.69) is 10.4 Å². The minimum absolute atomic E-state index is 0.0785. The van der Waals surface area contributed by atoms with Gasteiger partial charge in [-0.3, -0.25) is 29.5 Å². The number of anilines is 2. The number of aromatic nitrogens is 1. The van der Waals surface area contributed by atoms with Crippen LogP contribution in [0.15, 0.2) is 109 Å². The molecule has 288 valence electrons. The molecule has 5 aromatic rings. The molecule has 2 N–H and O–H groups in total. The van der Waals surface area contributed by atoms with Crippen molar-refractivity contribution in [2.24, 2.45) is 23.7 Å². The number of fused-ring (bicyclic) bond motifs is 5. The third kappa shape index (κ3) is 5.55. The van der Waals surface area contributed by atoms with E-state index in [1.54, 1.807) is 72.8 Å². The molecular formula is C42H28Cl3F3N4O5. The van der Waals surface area contributed by atoms with E-state index in [4.69, 9.17) is 34.8 Å². The summed E-state index contributed by atoms with van der Waals surface area (Å²) in [5, 5.41) is 14.3. The third-order valence-electron chi connectivity index (χ3n) is 11.9.